The average molecular weight is 1100 g/mol. The van der Waals surface area contributed by atoms with Gasteiger partial charge in [-0.3, -0.25) is 4.79 Å². The molecule has 2 fully saturated rings. The number of carbonyl (C=O) groups excluding carboxylic acids is 1. The van der Waals surface area contributed by atoms with Crippen molar-refractivity contribution in [1.82, 2.24) is 5.32 Å². The summed E-state index contributed by atoms with van der Waals surface area (Å²) < 4.78 is 22.8. The summed E-state index contributed by atoms with van der Waals surface area (Å²) in [4.78, 5) is 13.3. The highest BCUT2D eigenvalue weighted by Gasteiger charge is 2.51. The number of allylic oxidation sites excluding steroid dienone is 1. The average Bonchev–Trinajstić information content (AvgIpc) is 3.44. The monoisotopic (exact) mass is 1100 g/mol. The molecule has 0 radical (unpaired) electrons. The van der Waals surface area contributed by atoms with E-state index >= 15 is 0 Å². The Morgan fingerprint density at radius 2 is 0.805 bits per heavy atom. The SMILES string of the molecule is CCCCCCCCCCCCCCCCCCCCCCCC/C=C/C(O)C(COC1OC(CO)C(OC2OC(CO)C(O)C(O)C2O)C(O)C1O)NC(=O)CCCCCCCCCCCCCCCCCCCCC. The zero-order valence-corrected chi connectivity index (χ0v) is 49.2. The minimum atomic E-state index is -1.79. The van der Waals surface area contributed by atoms with E-state index in [2.05, 4.69) is 19.2 Å². The van der Waals surface area contributed by atoms with Gasteiger partial charge in [-0.2, -0.15) is 0 Å². The predicted octanol–water partition coefficient (Wildman–Crippen LogP) is 11.8. The molecule has 12 atom stereocenters. The third-order valence-electron chi connectivity index (χ3n) is 16.2. The van der Waals surface area contributed by atoms with Gasteiger partial charge in [0.2, 0.25) is 5.91 Å². The maximum atomic E-state index is 13.3. The molecule has 2 aliphatic heterocycles. The number of rotatable bonds is 53. The highest BCUT2D eigenvalue weighted by atomic mass is 16.7. The topological polar surface area (TPSA) is 228 Å². The Balaban J connectivity index is 1.73. The summed E-state index contributed by atoms with van der Waals surface area (Å²) in [5.74, 6) is -0.232. The lowest BCUT2D eigenvalue weighted by atomic mass is 9.97. The second-order valence-electron chi connectivity index (χ2n) is 23.3. The van der Waals surface area contributed by atoms with Gasteiger partial charge in [0, 0.05) is 6.42 Å². The fourth-order valence-electron chi connectivity index (χ4n) is 11.0. The van der Waals surface area contributed by atoms with Crippen LogP contribution >= 0.6 is 0 Å². The summed E-state index contributed by atoms with van der Waals surface area (Å²) in [6.45, 7) is 2.85. The van der Waals surface area contributed by atoms with Crippen LogP contribution in [0.25, 0.3) is 0 Å². The molecule has 2 rings (SSSR count). The van der Waals surface area contributed by atoms with E-state index in [9.17, 15) is 45.6 Å². The Hall–Kier alpha value is -1.27. The maximum Gasteiger partial charge on any atom is 0.220 e. The number of ether oxygens (including phenoxy) is 4. The van der Waals surface area contributed by atoms with Crippen LogP contribution in [0.4, 0.5) is 0 Å². The van der Waals surface area contributed by atoms with Gasteiger partial charge in [0.05, 0.1) is 32.0 Å². The van der Waals surface area contributed by atoms with Crippen LogP contribution in [0, 0.1) is 0 Å². The molecule has 2 heterocycles. The summed E-state index contributed by atoms with van der Waals surface area (Å²) in [5.41, 5.74) is 0. The number of unbranched alkanes of at least 4 members (excludes halogenated alkanes) is 40. The van der Waals surface area contributed by atoms with Crippen LogP contribution in [0.2, 0.25) is 0 Å². The first-order chi connectivity index (χ1) is 37.6. The molecule has 77 heavy (non-hydrogen) atoms. The molecule has 14 nitrogen and oxygen atoms in total. The van der Waals surface area contributed by atoms with Crippen molar-refractivity contribution < 1.29 is 64.6 Å². The largest absolute Gasteiger partial charge is 0.394 e. The molecule has 1 amide bonds. The molecule has 0 aromatic rings. The first kappa shape index (κ1) is 71.8. The van der Waals surface area contributed by atoms with Gasteiger partial charge in [0.15, 0.2) is 12.6 Å². The quantitative estimate of drug-likeness (QED) is 0.0204. The lowest BCUT2D eigenvalue weighted by Gasteiger charge is -2.46. The van der Waals surface area contributed by atoms with Crippen LogP contribution in [0.15, 0.2) is 12.2 Å². The Kier molecular flexibility index (Phi) is 46.0. The van der Waals surface area contributed by atoms with Gasteiger partial charge in [-0.25, -0.2) is 0 Å². The first-order valence-electron chi connectivity index (χ1n) is 32.4. The van der Waals surface area contributed by atoms with E-state index < -0.39 is 86.8 Å². The third kappa shape index (κ3) is 34.7. The van der Waals surface area contributed by atoms with Gasteiger partial charge in [-0.05, 0) is 19.3 Å². The zero-order valence-electron chi connectivity index (χ0n) is 49.2. The summed E-state index contributed by atoms with van der Waals surface area (Å²) >= 11 is 0. The number of carbonyl (C=O) groups is 1. The van der Waals surface area contributed by atoms with E-state index in [0.717, 1.165) is 38.5 Å². The van der Waals surface area contributed by atoms with Crippen molar-refractivity contribution in [3.63, 3.8) is 0 Å². The molecule has 2 aliphatic rings. The van der Waals surface area contributed by atoms with E-state index in [0.29, 0.717) is 6.42 Å². The minimum absolute atomic E-state index is 0.232. The molecule has 0 spiro atoms. The van der Waals surface area contributed by atoms with Crippen molar-refractivity contribution in [2.24, 2.45) is 0 Å². The minimum Gasteiger partial charge on any atom is -0.394 e. The van der Waals surface area contributed by atoms with Crippen molar-refractivity contribution in [1.29, 1.82) is 0 Å². The summed E-state index contributed by atoms with van der Waals surface area (Å²) in [7, 11) is 0. The van der Waals surface area contributed by atoms with Crippen LogP contribution in [0.3, 0.4) is 0 Å². The molecule has 456 valence electrons. The van der Waals surface area contributed by atoms with Crippen LogP contribution < -0.4 is 5.32 Å². The van der Waals surface area contributed by atoms with E-state index in [1.807, 2.05) is 6.08 Å². The van der Waals surface area contributed by atoms with E-state index in [4.69, 9.17) is 18.9 Å². The molecule has 0 bridgehead atoms. The summed E-state index contributed by atoms with van der Waals surface area (Å²) in [5, 5.41) is 87.3. The molecule has 9 N–H and O–H groups in total. The third-order valence-corrected chi connectivity index (χ3v) is 16.2. The van der Waals surface area contributed by atoms with Gasteiger partial charge < -0.3 is 65.1 Å². The number of aliphatic hydroxyl groups is 8. The summed E-state index contributed by atoms with van der Waals surface area (Å²) in [6.07, 6.45) is 41.1. The fraction of sp³-hybridized carbons (Fsp3) is 0.952. The zero-order chi connectivity index (χ0) is 56.0. The molecular weight excluding hydrogens is 979 g/mol. The smallest absolute Gasteiger partial charge is 0.220 e. The Bertz CT molecular complexity index is 1340. The van der Waals surface area contributed by atoms with Crippen LogP contribution in [0.1, 0.15) is 290 Å². The summed E-state index contributed by atoms with van der Waals surface area (Å²) in [6, 6.07) is -0.910. The molecule has 12 unspecified atom stereocenters. The normalized spacial score (nSPS) is 24.7. The van der Waals surface area contributed by atoms with Crippen LogP contribution in [0.5, 0.6) is 0 Å². The fourth-order valence-corrected chi connectivity index (χ4v) is 11.0. The van der Waals surface area contributed by atoms with Gasteiger partial charge in [-0.15, -0.1) is 0 Å². The highest BCUT2D eigenvalue weighted by molar-refractivity contribution is 5.76. The Morgan fingerprint density at radius 1 is 0.455 bits per heavy atom. The molecule has 14 heteroatoms. The molecule has 0 aromatic carbocycles. The van der Waals surface area contributed by atoms with Crippen molar-refractivity contribution in [3.05, 3.63) is 12.2 Å². The second-order valence-corrected chi connectivity index (χ2v) is 23.3. The number of amides is 1. The van der Waals surface area contributed by atoms with Crippen molar-refractivity contribution in [2.45, 2.75) is 364 Å². The Morgan fingerprint density at radius 3 is 1.19 bits per heavy atom. The molecule has 0 aliphatic carbocycles. The van der Waals surface area contributed by atoms with E-state index in [1.165, 1.54) is 225 Å². The highest BCUT2D eigenvalue weighted by Crippen LogP contribution is 2.30. The molecule has 0 saturated carbocycles. The lowest BCUT2D eigenvalue weighted by molar-refractivity contribution is -0.359. The van der Waals surface area contributed by atoms with E-state index in [1.54, 1.807) is 6.08 Å². The number of aliphatic hydroxyl groups excluding tert-OH is 8. The predicted molar refractivity (Wildman–Crippen MR) is 309 cm³/mol. The van der Waals surface area contributed by atoms with Gasteiger partial charge in [0.1, 0.15) is 48.8 Å². The van der Waals surface area contributed by atoms with Crippen molar-refractivity contribution >= 4 is 5.91 Å². The number of hydrogen-bond acceptors (Lipinski definition) is 13. The molecule has 0 aromatic heterocycles. The van der Waals surface area contributed by atoms with Crippen molar-refractivity contribution in [2.75, 3.05) is 19.8 Å². The number of nitrogens with one attached hydrogen (secondary N) is 1. The molecular formula is C63H121NO13. The molecule has 2 saturated heterocycles. The maximum absolute atomic E-state index is 13.3. The van der Waals surface area contributed by atoms with E-state index in [-0.39, 0.29) is 18.9 Å². The lowest BCUT2D eigenvalue weighted by Crippen LogP contribution is -2.65. The van der Waals surface area contributed by atoms with Crippen LogP contribution in [-0.2, 0) is 23.7 Å². The van der Waals surface area contributed by atoms with Gasteiger partial charge >= 0.3 is 0 Å². The van der Waals surface area contributed by atoms with Crippen LogP contribution in [-0.4, -0.2) is 140 Å². The second kappa shape index (κ2) is 49.3. The van der Waals surface area contributed by atoms with Gasteiger partial charge in [0.25, 0.3) is 0 Å². The number of hydrogen-bond donors (Lipinski definition) is 9. The first-order valence-corrected chi connectivity index (χ1v) is 32.4. The Labute approximate surface area is 469 Å². The standard InChI is InChI=1S/C63H121NO13/c1-3-5-7-9-11-13-15-17-19-21-23-24-25-26-27-29-30-32-34-36-38-40-42-44-46-52(67)51(64-55(68)47-45-43-41-39-37-35-33-31-28-22-20-18-16-14-12-10-8-6-4-2)50-74-62-60(73)58(71)61(54(49-66)76-62)77-63-59(72)57(70)56(69)53(48-65)75-63/h44,46,51-54,56-63,65-67,69-73H,3-43,45,47-50H2,1-2H3,(H,64,68)/b46-44+. The van der Waals surface area contributed by atoms with Gasteiger partial charge in [-0.1, -0.05) is 276 Å². The van der Waals surface area contributed by atoms with Crippen molar-refractivity contribution in [3.8, 4) is 0 Å².